The molecule has 2 aromatic rings. The van der Waals surface area contributed by atoms with Crippen molar-refractivity contribution >= 4 is 34.4 Å². The molecular weight excluding hydrogens is 284 g/mol. The van der Waals surface area contributed by atoms with E-state index < -0.39 is 0 Å². The zero-order chi connectivity index (χ0) is 12.4. The molecule has 2 heterocycles. The van der Waals surface area contributed by atoms with Crippen LogP contribution in [0.4, 0.5) is 0 Å². The Bertz CT molecular complexity index is 518. The molecule has 0 unspecified atom stereocenters. The van der Waals surface area contributed by atoms with E-state index in [2.05, 4.69) is 27.3 Å². The van der Waals surface area contributed by atoms with Crippen LogP contribution < -0.4 is 0 Å². The molecule has 4 nitrogen and oxygen atoms in total. The van der Waals surface area contributed by atoms with Crippen molar-refractivity contribution in [2.75, 3.05) is 0 Å². The van der Waals surface area contributed by atoms with Crippen LogP contribution in [-0.2, 0) is 12.2 Å². The molecule has 2 aromatic heterocycles. The first-order chi connectivity index (χ1) is 8.85. The molecule has 1 saturated carbocycles. The summed E-state index contributed by atoms with van der Waals surface area (Å²) in [6, 6.07) is 0. The second-order valence-corrected chi connectivity index (χ2v) is 7.69. The van der Waals surface area contributed by atoms with Gasteiger partial charge in [0.15, 0.2) is 4.34 Å². The maximum Gasteiger partial charge on any atom is 0.174 e. The number of aromatic nitrogens is 4. The average molecular weight is 298 g/mol. The predicted molar refractivity (Wildman–Crippen MR) is 75.3 cm³/mol. The highest BCUT2D eigenvalue weighted by molar-refractivity contribution is 8.00. The Labute approximate surface area is 118 Å². The number of hydrogen-bond acceptors (Lipinski definition) is 7. The first kappa shape index (κ1) is 12.5. The van der Waals surface area contributed by atoms with Crippen molar-refractivity contribution in [1.29, 1.82) is 0 Å². The summed E-state index contributed by atoms with van der Waals surface area (Å²) in [4.78, 5) is 0. The van der Waals surface area contributed by atoms with Crippen molar-refractivity contribution < 1.29 is 0 Å². The van der Waals surface area contributed by atoms with Crippen molar-refractivity contribution in [3.05, 3.63) is 15.0 Å². The maximum atomic E-state index is 4.24. The van der Waals surface area contributed by atoms with Gasteiger partial charge >= 0.3 is 0 Å². The molecule has 0 N–H and O–H groups in total. The van der Waals surface area contributed by atoms with Gasteiger partial charge in [0.2, 0.25) is 0 Å². The van der Waals surface area contributed by atoms with Gasteiger partial charge in [0.05, 0.1) is 5.75 Å². The minimum atomic E-state index is 0.703. The van der Waals surface area contributed by atoms with Gasteiger partial charge in [0.1, 0.15) is 15.0 Å². The second-order valence-electron chi connectivity index (χ2n) is 4.31. The first-order valence-corrected chi connectivity index (χ1v) is 8.74. The summed E-state index contributed by atoms with van der Waals surface area (Å²) in [5.74, 6) is 1.57. The van der Waals surface area contributed by atoms with Crippen LogP contribution in [0.3, 0.4) is 0 Å². The summed E-state index contributed by atoms with van der Waals surface area (Å²) in [7, 11) is 0. The van der Waals surface area contributed by atoms with Crippen molar-refractivity contribution in [3.63, 3.8) is 0 Å². The van der Waals surface area contributed by atoms with Crippen LogP contribution in [0, 0.1) is 0 Å². The van der Waals surface area contributed by atoms with Crippen LogP contribution >= 0.6 is 34.4 Å². The number of rotatable bonds is 6. The molecule has 1 fully saturated rings. The van der Waals surface area contributed by atoms with Crippen LogP contribution in [0.5, 0.6) is 0 Å². The highest BCUT2D eigenvalue weighted by Gasteiger charge is 2.27. The SMILES string of the molecule is CCCc1nnc(CSc2nnc(C3CC3)s2)s1. The van der Waals surface area contributed by atoms with Gasteiger partial charge in [0.25, 0.3) is 0 Å². The summed E-state index contributed by atoms with van der Waals surface area (Å²) in [6.45, 7) is 2.16. The fraction of sp³-hybridized carbons (Fsp3) is 0.636. The van der Waals surface area contributed by atoms with E-state index in [0.717, 1.165) is 32.9 Å². The fourth-order valence-electron chi connectivity index (χ4n) is 1.56. The van der Waals surface area contributed by atoms with E-state index in [1.807, 2.05) is 0 Å². The third kappa shape index (κ3) is 3.07. The van der Waals surface area contributed by atoms with Gasteiger partial charge in [0, 0.05) is 12.3 Å². The number of thioether (sulfide) groups is 1. The minimum absolute atomic E-state index is 0.703. The quantitative estimate of drug-likeness (QED) is 0.764. The summed E-state index contributed by atoms with van der Waals surface area (Å²) in [5.41, 5.74) is 0. The summed E-state index contributed by atoms with van der Waals surface area (Å²) in [5, 5.41) is 20.3. The smallest absolute Gasteiger partial charge is 0.144 e. The molecule has 3 rings (SSSR count). The lowest BCUT2D eigenvalue weighted by Gasteiger charge is -1.90. The van der Waals surface area contributed by atoms with Gasteiger partial charge in [-0.2, -0.15) is 0 Å². The Morgan fingerprint density at radius 1 is 1.11 bits per heavy atom. The highest BCUT2D eigenvalue weighted by atomic mass is 32.2. The Kier molecular flexibility index (Phi) is 3.91. The first-order valence-electron chi connectivity index (χ1n) is 6.12. The van der Waals surface area contributed by atoms with Crippen LogP contribution in [0.25, 0.3) is 0 Å². The molecule has 0 atom stereocenters. The molecule has 0 bridgehead atoms. The Hall–Kier alpha value is -0.530. The predicted octanol–water partition coefficient (Wildman–Crippen LogP) is 3.51. The molecular formula is C11H14N4S3. The lowest BCUT2D eigenvalue weighted by atomic mass is 10.4. The van der Waals surface area contributed by atoms with Crippen LogP contribution in [0.2, 0.25) is 0 Å². The van der Waals surface area contributed by atoms with Crippen LogP contribution in [0.15, 0.2) is 4.34 Å². The zero-order valence-corrected chi connectivity index (χ0v) is 12.6. The van der Waals surface area contributed by atoms with E-state index >= 15 is 0 Å². The summed E-state index contributed by atoms with van der Waals surface area (Å²) < 4.78 is 1.06. The summed E-state index contributed by atoms with van der Waals surface area (Å²) in [6.07, 6.45) is 4.74. The van der Waals surface area contributed by atoms with E-state index in [0.29, 0.717) is 5.92 Å². The summed E-state index contributed by atoms with van der Waals surface area (Å²) >= 11 is 5.18. The highest BCUT2D eigenvalue weighted by Crippen LogP contribution is 2.42. The molecule has 7 heteroatoms. The molecule has 1 aliphatic rings. The van der Waals surface area contributed by atoms with Gasteiger partial charge in [-0.3, -0.25) is 0 Å². The van der Waals surface area contributed by atoms with E-state index in [9.17, 15) is 0 Å². The molecule has 0 aliphatic heterocycles. The second kappa shape index (κ2) is 5.63. The van der Waals surface area contributed by atoms with Gasteiger partial charge in [-0.05, 0) is 19.3 Å². The normalized spacial score (nSPS) is 15.2. The minimum Gasteiger partial charge on any atom is -0.144 e. The topological polar surface area (TPSA) is 51.6 Å². The van der Waals surface area contributed by atoms with E-state index in [4.69, 9.17) is 0 Å². The number of nitrogens with zero attached hydrogens (tertiary/aromatic N) is 4. The van der Waals surface area contributed by atoms with E-state index in [1.54, 1.807) is 34.4 Å². The molecule has 0 aromatic carbocycles. The average Bonchev–Trinajstić information content (AvgIpc) is 2.95. The van der Waals surface area contributed by atoms with Gasteiger partial charge in [-0.1, -0.05) is 30.0 Å². The molecule has 96 valence electrons. The van der Waals surface area contributed by atoms with E-state index in [1.165, 1.54) is 17.8 Å². The lowest BCUT2D eigenvalue weighted by Crippen LogP contribution is -1.80. The Morgan fingerprint density at radius 3 is 2.72 bits per heavy atom. The molecule has 0 amide bonds. The Balaban J connectivity index is 1.55. The molecule has 1 aliphatic carbocycles. The van der Waals surface area contributed by atoms with Crippen molar-refractivity contribution in [2.24, 2.45) is 0 Å². The largest absolute Gasteiger partial charge is 0.174 e. The molecule has 0 saturated heterocycles. The zero-order valence-electron chi connectivity index (χ0n) is 10.1. The van der Waals surface area contributed by atoms with Gasteiger partial charge in [-0.15, -0.1) is 31.7 Å². The van der Waals surface area contributed by atoms with Crippen molar-refractivity contribution in [1.82, 2.24) is 20.4 Å². The lowest BCUT2D eigenvalue weighted by molar-refractivity contribution is 0.873. The van der Waals surface area contributed by atoms with Crippen molar-refractivity contribution in [2.45, 2.75) is 48.6 Å². The molecule has 0 radical (unpaired) electrons. The maximum absolute atomic E-state index is 4.24. The Morgan fingerprint density at radius 2 is 1.94 bits per heavy atom. The standard InChI is InChI=1S/C11H14N4S3/c1-2-3-8-12-13-9(17-8)6-16-11-15-14-10(18-11)7-4-5-7/h7H,2-6H2,1H3. The monoisotopic (exact) mass is 298 g/mol. The number of hydrogen-bond donors (Lipinski definition) is 0. The van der Waals surface area contributed by atoms with Crippen LogP contribution in [-0.4, -0.2) is 20.4 Å². The van der Waals surface area contributed by atoms with Gasteiger partial charge < -0.3 is 0 Å². The van der Waals surface area contributed by atoms with E-state index in [-0.39, 0.29) is 0 Å². The molecule has 18 heavy (non-hydrogen) atoms. The van der Waals surface area contributed by atoms with Crippen molar-refractivity contribution in [3.8, 4) is 0 Å². The number of aryl methyl sites for hydroxylation is 1. The third-order valence-electron chi connectivity index (χ3n) is 2.64. The van der Waals surface area contributed by atoms with Crippen LogP contribution in [0.1, 0.15) is 47.1 Å². The molecule has 0 spiro atoms. The third-order valence-corrected chi connectivity index (χ3v) is 6.04. The fourth-order valence-corrected chi connectivity index (χ4v) is 4.53. The van der Waals surface area contributed by atoms with Gasteiger partial charge in [-0.25, -0.2) is 0 Å².